The van der Waals surface area contributed by atoms with Crippen LogP contribution in [0.1, 0.15) is 5.56 Å². The van der Waals surface area contributed by atoms with Crippen LogP contribution in [-0.2, 0) is 11.3 Å². The molecule has 160 valence electrons. The number of carbonyl (C=O) groups excluding carboxylic acids is 2. The summed E-state index contributed by atoms with van der Waals surface area (Å²) in [5.74, 6) is 0.783. The van der Waals surface area contributed by atoms with Gasteiger partial charge in [-0.15, -0.1) is 0 Å². The Bertz CT molecular complexity index is 851. The zero-order valence-electron chi connectivity index (χ0n) is 17.4. The maximum absolute atomic E-state index is 12.4. The van der Waals surface area contributed by atoms with E-state index in [1.54, 1.807) is 30.2 Å². The smallest absolute Gasteiger partial charge is 0.317 e. The molecule has 0 aliphatic carbocycles. The molecule has 3 rings (SSSR count). The number of hydrogen-bond donors (Lipinski definition) is 2. The van der Waals surface area contributed by atoms with Crippen LogP contribution in [0.2, 0.25) is 0 Å². The molecule has 0 radical (unpaired) electrons. The van der Waals surface area contributed by atoms with Crippen LogP contribution in [0.4, 0.5) is 10.5 Å². The van der Waals surface area contributed by atoms with Crippen LogP contribution in [0.25, 0.3) is 0 Å². The monoisotopic (exact) mass is 412 g/mol. The minimum absolute atomic E-state index is 0.122. The molecule has 1 saturated heterocycles. The number of hydrogen-bond acceptors (Lipinski definition) is 5. The number of nitrogens with one attached hydrogen (secondary N) is 2. The SMILES string of the molecule is COc1ccc(OC)c(NC(=O)CNC(=O)N2CCN(Cc3ccccc3)CC2)c1. The Morgan fingerprint density at radius 3 is 2.37 bits per heavy atom. The van der Waals surface area contributed by atoms with Gasteiger partial charge in [-0.1, -0.05) is 30.3 Å². The number of methoxy groups -OCH3 is 2. The standard InChI is InChI=1S/C22H28N4O4/c1-29-18-8-9-20(30-2)19(14-18)24-21(27)15-23-22(28)26-12-10-25(11-13-26)16-17-6-4-3-5-7-17/h3-9,14H,10-13,15-16H2,1-2H3,(H,23,28)(H,24,27). The number of piperazine rings is 1. The fourth-order valence-corrected chi connectivity index (χ4v) is 3.32. The normalized spacial score (nSPS) is 14.1. The van der Waals surface area contributed by atoms with Crippen LogP contribution < -0.4 is 20.1 Å². The van der Waals surface area contributed by atoms with E-state index >= 15 is 0 Å². The van der Waals surface area contributed by atoms with E-state index in [2.05, 4.69) is 27.7 Å². The van der Waals surface area contributed by atoms with Crippen molar-refractivity contribution < 1.29 is 19.1 Å². The molecule has 0 unspecified atom stereocenters. The van der Waals surface area contributed by atoms with Gasteiger partial charge in [-0.05, 0) is 17.7 Å². The highest BCUT2D eigenvalue weighted by molar-refractivity contribution is 5.95. The number of amides is 3. The molecule has 8 heteroatoms. The molecule has 0 aromatic heterocycles. The lowest BCUT2D eigenvalue weighted by atomic mass is 10.2. The summed E-state index contributed by atoms with van der Waals surface area (Å²) in [4.78, 5) is 28.7. The predicted octanol–water partition coefficient (Wildman–Crippen LogP) is 2.17. The van der Waals surface area contributed by atoms with Crippen molar-refractivity contribution in [2.75, 3.05) is 52.3 Å². The average Bonchev–Trinajstić information content (AvgIpc) is 2.78. The molecule has 2 N–H and O–H groups in total. The number of benzene rings is 2. The van der Waals surface area contributed by atoms with Crippen molar-refractivity contribution in [2.45, 2.75) is 6.54 Å². The van der Waals surface area contributed by atoms with Crippen LogP contribution in [-0.4, -0.2) is 68.7 Å². The zero-order valence-corrected chi connectivity index (χ0v) is 17.4. The van der Waals surface area contributed by atoms with Crippen molar-refractivity contribution in [3.8, 4) is 11.5 Å². The first-order valence-corrected chi connectivity index (χ1v) is 9.90. The number of anilines is 1. The summed E-state index contributed by atoms with van der Waals surface area (Å²) in [5, 5.41) is 5.43. The van der Waals surface area contributed by atoms with Crippen molar-refractivity contribution in [3.63, 3.8) is 0 Å². The van der Waals surface area contributed by atoms with E-state index in [-0.39, 0.29) is 18.5 Å². The van der Waals surface area contributed by atoms with Gasteiger partial charge in [-0.3, -0.25) is 9.69 Å². The lowest BCUT2D eigenvalue weighted by Crippen LogP contribution is -2.52. The molecular weight excluding hydrogens is 384 g/mol. The molecule has 8 nitrogen and oxygen atoms in total. The second-order valence-electron chi connectivity index (χ2n) is 7.02. The first-order chi connectivity index (χ1) is 14.6. The number of rotatable bonds is 7. The molecule has 1 fully saturated rings. The minimum atomic E-state index is -0.336. The predicted molar refractivity (Wildman–Crippen MR) is 115 cm³/mol. The van der Waals surface area contributed by atoms with E-state index in [0.29, 0.717) is 30.3 Å². The zero-order chi connectivity index (χ0) is 21.3. The third-order valence-electron chi connectivity index (χ3n) is 4.99. The maximum atomic E-state index is 12.4. The molecule has 2 aromatic carbocycles. The number of urea groups is 1. The summed E-state index contributed by atoms with van der Waals surface area (Å²) in [7, 11) is 3.07. The largest absolute Gasteiger partial charge is 0.497 e. The van der Waals surface area contributed by atoms with E-state index in [0.717, 1.165) is 19.6 Å². The summed E-state index contributed by atoms with van der Waals surface area (Å²) in [6, 6.07) is 15.2. The Hall–Kier alpha value is -3.26. The van der Waals surface area contributed by atoms with Gasteiger partial charge in [0.05, 0.1) is 26.5 Å². The van der Waals surface area contributed by atoms with Crippen molar-refractivity contribution in [1.82, 2.24) is 15.1 Å². The van der Waals surface area contributed by atoms with Gasteiger partial charge in [-0.25, -0.2) is 4.79 Å². The van der Waals surface area contributed by atoms with E-state index in [9.17, 15) is 9.59 Å². The molecule has 1 aliphatic heterocycles. The topological polar surface area (TPSA) is 83.1 Å². The summed E-state index contributed by atoms with van der Waals surface area (Å²) in [6.07, 6.45) is 0. The van der Waals surface area contributed by atoms with Crippen molar-refractivity contribution >= 4 is 17.6 Å². The maximum Gasteiger partial charge on any atom is 0.317 e. The Morgan fingerprint density at radius 1 is 0.967 bits per heavy atom. The van der Waals surface area contributed by atoms with Crippen LogP contribution in [0.15, 0.2) is 48.5 Å². The Balaban J connectivity index is 1.43. The highest BCUT2D eigenvalue weighted by Crippen LogP contribution is 2.28. The molecule has 30 heavy (non-hydrogen) atoms. The third-order valence-corrected chi connectivity index (χ3v) is 4.99. The van der Waals surface area contributed by atoms with E-state index < -0.39 is 0 Å². The molecule has 1 heterocycles. The van der Waals surface area contributed by atoms with Gasteiger partial charge in [0.25, 0.3) is 0 Å². The second kappa shape index (κ2) is 10.5. The minimum Gasteiger partial charge on any atom is -0.497 e. The first kappa shape index (κ1) is 21.4. The molecule has 2 aromatic rings. The number of carbonyl (C=O) groups is 2. The van der Waals surface area contributed by atoms with Crippen LogP contribution in [0.5, 0.6) is 11.5 Å². The molecule has 0 atom stereocenters. The quantitative estimate of drug-likeness (QED) is 0.728. The molecule has 0 spiro atoms. The van der Waals surface area contributed by atoms with Gasteiger partial charge in [-0.2, -0.15) is 0 Å². The van der Waals surface area contributed by atoms with E-state index in [1.165, 1.54) is 12.7 Å². The third kappa shape index (κ3) is 5.87. The van der Waals surface area contributed by atoms with Gasteiger partial charge in [0.1, 0.15) is 11.5 Å². The molecular formula is C22H28N4O4. The second-order valence-corrected chi connectivity index (χ2v) is 7.02. The van der Waals surface area contributed by atoms with E-state index in [4.69, 9.17) is 9.47 Å². The molecule has 1 aliphatic rings. The fraction of sp³-hybridized carbons (Fsp3) is 0.364. The Labute approximate surface area is 176 Å². The summed E-state index contributed by atoms with van der Waals surface area (Å²) in [5.41, 5.74) is 1.76. The van der Waals surface area contributed by atoms with Crippen LogP contribution in [0, 0.1) is 0 Å². The van der Waals surface area contributed by atoms with Gasteiger partial charge in [0, 0.05) is 38.8 Å². The summed E-state index contributed by atoms with van der Waals surface area (Å²) < 4.78 is 10.4. The summed E-state index contributed by atoms with van der Waals surface area (Å²) in [6.45, 7) is 3.61. The van der Waals surface area contributed by atoms with E-state index in [1.807, 2.05) is 18.2 Å². The van der Waals surface area contributed by atoms with Crippen molar-refractivity contribution in [2.24, 2.45) is 0 Å². The number of ether oxygens (including phenoxy) is 2. The fourth-order valence-electron chi connectivity index (χ4n) is 3.32. The van der Waals surface area contributed by atoms with Crippen LogP contribution in [0.3, 0.4) is 0 Å². The summed E-state index contributed by atoms with van der Waals surface area (Å²) >= 11 is 0. The lowest BCUT2D eigenvalue weighted by Gasteiger charge is -2.34. The van der Waals surface area contributed by atoms with Crippen LogP contribution >= 0.6 is 0 Å². The molecule has 0 saturated carbocycles. The Morgan fingerprint density at radius 2 is 1.70 bits per heavy atom. The van der Waals surface area contributed by atoms with Gasteiger partial charge >= 0.3 is 6.03 Å². The highest BCUT2D eigenvalue weighted by Gasteiger charge is 2.21. The first-order valence-electron chi connectivity index (χ1n) is 9.90. The van der Waals surface area contributed by atoms with Crippen molar-refractivity contribution in [1.29, 1.82) is 0 Å². The van der Waals surface area contributed by atoms with Gasteiger partial charge in [0.15, 0.2) is 0 Å². The lowest BCUT2D eigenvalue weighted by molar-refractivity contribution is -0.115. The van der Waals surface area contributed by atoms with Crippen molar-refractivity contribution in [3.05, 3.63) is 54.1 Å². The average molecular weight is 412 g/mol. The highest BCUT2D eigenvalue weighted by atomic mass is 16.5. The number of nitrogens with zero attached hydrogens (tertiary/aromatic N) is 2. The Kier molecular flexibility index (Phi) is 7.51. The van der Waals surface area contributed by atoms with Gasteiger partial charge < -0.3 is 25.0 Å². The molecule has 0 bridgehead atoms. The van der Waals surface area contributed by atoms with Gasteiger partial charge in [0.2, 0.25) is 5.91 Å². The molecule has 3 amide bonds.